The van der Waals surface area contributed by atoms with Crippen LogP contribution >= 0.6 is 0 Å². The van der Waals surface area contributed by atoms with Crippen LogP contribution in [0.3, 0.4) is 0 Å². The summed E-state index contributed by atoms with van der Waals surface area (Å²) in [5.41, 5.74) is -0.333. The summed E-state index contributed by atoms with van der Waals surface area (Å²) in [6, 6.07) is 6.71. The molecule has 0 atom stereocenters. The lowest BCUT2D eigenvalue weighted by Crippen LogP contribution is -2.28. The normalized spacial score (nSPS) is 13.6. The van der Waals surface area contributed by atoms with Gasteiger partial charge in [-0.3, -0.25) is 4.79 Å². The minimum Gasteiger partial charge on any atom is -0.494 e. The van der Waals surface area contributed by atoms with E-state index in [-0.39, 0.29) is 17.2 Å². The summed E-state index contributed by atoms with van der Waals surface area (Å²) >= 11 is 0. The molecule has 22 heavy (non-hydrogen) atoms. The highest BCUT2D eigenvalue weighted by Crippen LogP contribution is 2.34. The van der Waals surface area contributed by atoms with Crippen LogP contribution in [0.5, 0.6) is 5.88 Å². The van der Waals surface area contributed by atoms with Crippen LogP contribution in [0.1, 0.15) is 26.3 Å². The van der Waals surface area contributed by atoms with Gasteiger partial charge in [-0.1, -0.05) is 39.0 Å². The van der Waals surface area contributed by atoms with Crippen molar-refractivity contribution in [3.05, 3.63) is 29.8 Å². The summed E-state index contributed by atoms with van der Waals surface area (Å²) in [7, 11) is 0. The quantitative estimate of drug-likeness (QED) is 0.787. The molecule has 1 amide bonds. The van der Waals surface area contributed by atoms with E-state index >= 15 is 0 Å². The maximum atomic E-state index is 12.5. The molecule has 2 aromatic rings. The van der Waals surface area contributed by atoms with E-state index in [1.54, 1.807) is 45.0 Å². The number of hydrogen-bond acceptors (Lipinski definition) is 2. The molecule has 0 radical (unpaired) electrons. The Bertz CT molecular complexity index is 752. The zero-order chi connectivity index (χ0) is 16.7. The van der Waals surface area contributed by atoms with Gasteiger partial charge in [-0.25, -0.2) is 4.99 Å². The lowest BCUT2D eigenvalue weighted by atomic mass is 9.85. The number of hydrogen-bond donors (Lipinski definition) is 2. The highest BCUT2D eigenvalue weighted by molar-refractivity contribution is 6.18. The second-order valence-electron chi connectivity index (χ2n) is 5.91. The topological polar surface area (TPSA) is 65.4 Å². The number of halogens is 3. The van der Waals surface area contributed by atoms with E-state index in [9.17, 15) is 23.1 Å². The first-order valence-electron chi connectivity index (χ1n) is 6.52. The number of carbonyl (C=O) groups is 1. The Morgan fingerprint density at radius 1 is 1.18 bits per heavy atom. The summed E-state index contributed by atoms with van der Waals surface area (Å²) in [5.74, 6) is -2.51. The van der Waals surface area contributed by atoms with Crippen LogP contribution in [0.15, 0.2) is 29.3 Å². The maximum Gasteiger partial charge on any atom is 0.473 e. The van der Waals surface area contributed by atoms with E-state index in [1.807, 2.05) is 0 Å². The molecular formula is C15H15F3N2O2. The second-order valence-corrected chi connectivity index (χ2v) is 5.91. The summed E-state index contributed by atoms with van der Waals surface area (Å²) in [5, 5.41) is 10.6. The number of nitrogens with one attached hydrogen (secondary N) is 1. The zero-order valence-electron chi connectivity index (χ0n) is 12.2. The molecule has 0 bridgehead atoms. The van der Waals surface area contributed by atoms with Crippen molar-refractivity contribution in [3.8, 4) is 5.88 Å². The van der Waals surface area contributed by atoms with E-state index in [0.717, 1.165) is 0 Å². The van der Waals surface area contributed by atoms with E-state index in [4.69, 9.17) is 0 Å². The molecule has 0 saturated carbocycles. The molecule has 0 aliphatic carbocycles. The fourth-order valence-electron chi connectivity index (χ4n) is 2.13. The highest BCUT2D eigenvalue weighted by atomic mass is 19.4. The van der Waals surface area contributed by atoms with Crippen molar-refractivity contribution in [3.63, 3.8) is 0 Å². The number of para-hydroxylation sites is 1. The molecule has 118 valence electrons. The molecule has 0 spiro atoms. The second kappa shape index (κ2) is 5.15. The average molecular weight is 312 g/mol. The first-order valence-corrected chi connectivity index (χ1v) is 6.52. The molecule has 0 aliphatic heterocycles. The molecule has 1 heterocycles. The Kier molecular flexibility index (Phi) is 3.76. The largest absolute Gasteiger partial charge is 0.494 e. The van der Waals surface area contributed by atoms with Crippen molar-refractivity contribution in [2.45, 2.75) is 26.9 Å². The summed E-state index contributed by atoms with van der Waals surface area (Å²) in [6.45, 7) is 4.87. The molecule has 7 heteroatoms. The van der Waals surface area contributed by atoms with Crippen LogP contribution in [0.4, 0.5) is 13.2 Å². The molecule has 1 aromatic carbocycles. The van der Waals surface area contributed by atoms with Crippen molar-refractivity contribution in [1.82, 2.24) is 4.98 Å². The lowest BCUT2D eigenvalue weighted by molar-refractivity contribution is -0.169. The Balaban J connectivity index is 2.72. The fraction of sp³-hybridized carbons (Fsp3) is 0.333. The monoisotopic (exact) mass is 312 g/mol. The van der Waals surface area contributed by atoms with Crippen LogP contribution in [0.25, 0.3) is 10.9 Å². The van der Waals surface area contributed by atoms with Gasteiger partial charge in [0.05, 0.1) is 11.3 Å². The van der Waals surface area contributed by atoms with Gasteiger partial charge in [0.1, 0.15) is 0 Å². The molecular weight excluding hydrogens is 297 g/mol. The average Bonchev–Trinajstić information content (AvgIpc) is 2.69. The SMILES string of the molecule is CC(C)(C)C(=NC(=O)C(F)(F)F)c1c(O)[nH]c2ccccc12. The van der Waals surface area contributed by atoms with Gasteiger partial charge in [-0.15, -0.1) is 0 Å². The van der Waals surface area contributed by atoms with Crippen LogP contribution < -0.4 is 0 Å². The Morgan fingerprint density at radius 2 is 1.77 bits per heavy atom. The maximum absolute atomic E-state index is 12.5. The number of benzene rings is 1. The van der Waals surface area contributed by atoms with Crippen LogP contribution in [-0.2, 0) is 4.79 Å². The summed E-state index contributed by atoms with van der Waals surface area (Å²) in [6.07, 6.45) is -5.06. The van der Waals surface area contributed by atoms with Gasteiger partial charge in [-0.2, -0.15) is 13.2 Å². The molecule has 0 fully saturated rings. The number of nitrogens with zero attached hydrogens (tertiary/aromatic N) is 1. The van der Waals surface area contributed by atoms with Gasteiger partial charge in [0.15, 0.2) is 5.88 Å². The number of amides is 1. The van der Waals surface area contributed by atoms with E-state index < -0.39 is 17.5 Å². The standard InChI is InChI=1S/C15H15F3N2O2/c1-14(2,3)11(20-13(22)15(16,17)18)10-8-6-4-5-7-9(8)19-12(10)21/h4-7,19,21H,1-3H3. The van der Waals surface area contributed by atoms with Crippen molar-refractivity contribution >= 4 is 22.5 Å². The number of alkyl halides is 3. The number of H-pyrrole nitrogens is 1. The third-order valence-corrected chi connectivity index (χ3v) is 3.09. The minimum atomic E-state index is -5.06. The zero-order valence-corrected chi connectivity index (χ0v) is 12.2. The minimum absolute atomic E-state index is 0.112. The number of aromatic hydroxyl groups is 1. The predicted molar refractivity (Wildman–Crippen MR) is 77.0 cm³/mol. The van der Waals surface area contributed by atoms with Crippen molar-refractivity contribution in [2.75, 3.05) is 0 Å². The smallest absolute Gasteiger partial charge is 0.473 e. The Hall–Kier alpha value is -2.31. The molecule has 4 nitrogen and oxygen atoms in total. The van der Waals surface area contributed by atoms with Crippen molar-refractivity contribution in [1.29, 1.82) is 0 Å². The first-order chi connectivity index (χ1) is 10.0. The van der Waals surface area contributed by atoms with Gasteiger partial charge in [-0.05, 0) is 6.07 Å². The van der Waals surface area contributed by atoms with Crippen molar-refractivity contribution < 1.29 is 23.1 Å². The highest BCUT2D eigenvalue weighted by Gasteiger charge is 2.40. The van der Waals surface area contributed by atoms with Gasteiger partial charge >= 0.3 is 12.1 Å². The number of carbonyl (C=O) groups excluding carboxylic acids is 1. The summed E-state index contributed by atoms with van der Waals surface area (Å²) < 4.78 is 37.6. The Labute approximate surface area is 124 Å². The predicted octanol–water partition coefficient (Wildman–Crippen LogP) is 3.80. The van der Waals surface area contributed by atoms with Crippen molar-refractivity contribution in [2.24, 2.45) is 10.4 Å². The molecule has 2 rings (SSSR count). The summed E-state index contributed by atoms with van der Waals surface area (Å²) in [4.78, 5) is 17.2. The van der Waals surface area contributed by atoms with Gasteiger partial charge in [0.2, 0.25) is 0 Å². The first kappa shape index (κ1) is 16.1. The van der Waals surface area contributed by atoms with Crippen LogP contribution in [0, 0.1) is 5.41 Å². The number of aromatic amines is 1. The van der Waals surface area contributed by atoms with E-state index in [1.165, 1.54) is 0 Å². The molecule has 0 saturated heterocycles. The number of aromatic nitrogens is 1. The van der Waals surface area contributed by atoms with Gasteiger partial charge < -0.3 is 10.1 Å². The number of fused-ring (bicyclic) bond motifs is 1. The van der Waals surface area contributed by atoms with E-state index in [2.05, 4.69) is 9.98 Å². The molecule has 1 aromatic heterocycles. The fourth-order valence-corrected chi connectivity index (χ4v) is 2.13. The number of aliphatic imine (C=N–C) groups is 1. The molecule has 0 unspecified atom stereocenters. The van der Waals surface area contributed by atoms with Gasteiger partial charge in [0, 0.05) is 16.3 Å². The van der Waals surface area contributed by atoms with Crippen LogP contribution in [0.2, 0.25) is 0 Å². The lowest BCUT2D eigenvalue weighted by Gasteiger charge is -2.21. The van der Waals surface area contributed by atoms with Crippen LogP contribution in [-0.4, -0.2) is 27.9 Å². The number of rotatable bonds is 1. The Morgan fingerprint density at radius 3 is 2.32 bits per heavy atom. The third-order valence-electron chi connectivity index (χ3n) is 3.09. The van der Waals surface area contributed by atoms with Gasteiger partial charge in [0.25, 0.3) is 0 Å². The third kappa shape index (κ3) is 2.98. The molecule has 0 aliphatic rings. The van der Waals surface area contributed by atoms with E-state index in [0.29, 0.717) is 10.9 Å². The molecule has 2 N–H and O–H groups in total.